The number of carbonyl (C=O) groups excluding carboxylic acids is 1. The summed E-state index contributed by atoms with van der Waals surface area (Å²) in [6.07, 6.45) is 0.144. The number of methoxy groups -OCH3 is 1. The first-order valence-corrected chi connectivity index (χ1v) is 7.39. The number of aliphatic hydroxyl groups excluding tert-OH is 1. The van der Waals surface area contributed by atoms with Gasteiger partial charge in [0.2, 0.25) is 5.91 Å². The summed E-state index contributed by atoms with van der Waals surface area (Å²) in [6.45, 7) is 0.656. The molecule has 2 aromatic carbocycles. The molecule has 1 atom stereocenters. The summed E-state index contributed by atoms with van der Waals surface area (Å²) in [7, 11) is 1.63. The molecule has 0 bridgehead atoms. The van der Waals surface area contributed by atoms with Gasteiger partial charge in [0, 0.05) is 12.2 Å². The highest BCUT2D eigenvalue weighted by atomic mass is 16.5. The van der Waals surface area contributed by atoms with E-state index in [2.05, 4.69) is 0 Å². The summed E-state index contributed by atoms with van der Waals surface area (Å²) in [5.74, 6) is 0.748. The Kier molecular flexibility index (Phi) is 4.11. The molecule has 0 saturated carbocycles. The zero-order valence-corrected chi connectivity index (χ0v) is 12.5. The summed E-state index contributed by atoms with van der Waals surface area (Å²) in [5.41, 5.74) is 2.80. The van der Waals surface area contributed by atoms with Crippen molar-refractivity contribution in [2.24, 2.45) is 0 Å². The Morgan fingerprint density at radius 3 is 2.77 bits per heavy atom. The van der Waals surface area contributed by atoms with Crippen molar-refractivity contribution in [1.82, 2.24) is 0 Å². The first-order valence-electron chi connectivity index (χ1n) is 7.39. The smallest absolute Gasteiger partial charge is 0.229 e. The molecule has 0 spiro atoms. The van der Waals surface area contributed by atoms with Crippen molar-refractivity contribution in [2.75, 3.05) is 18.6 Å². The van der Waals surface area contributed by atoms with Crippen LogP contribution in [-0.4, -0.2) is 24.7 Å². The molecular weight excluding hydrogens is 278 g/mol. The molecule has 2 aromatic rings. The lowest BCUT2D eigenvalue weighted by Crippen LogP contribution is -2.30. The molecular formula is C18H19NO3. The number of hydrogen-bond acceptors (Lipinski definition) is 3. The number of anilines is 1. The van der Waals surface area contributed by atoms with Crippen LogP contribution in [0.15, 0.2) is 48.5 Å². The summed E-state index contributed by atoms with van der Waals surface area (Å²) >= 11 is 0. The third kappa shape index (κ3) is 2.83. The summed E-state index contributed by atoms with van der Waals surface area (Å²) in [4.78, 5) is 14.2. The molecule has 1 aliphatic rings. The molecule has 1 N–H and O–H groups in total. The zero-order valence-electron chi connectivity index (χ0n) is 12.5. The highest BCUT2D eigenvalue weighted by Crippen LogP contribution is 2.32. The standard InChI is InChI=1S/C18H19NO3/c1-22-15-7-8-16-14(11-15)9-10-19(16)18(21)12-17(20)13-5-3-2-4-6-13/h2-8,11,17,20H,9-10,12H2,1H3. The molecule has 22 heavy (non-hydrogen) atoms. The Bertz CT molecular complexity index is 669. The zero-order chi connectivity index (χ0) is 15.5. The second-order valence-corrected chi connectivity index (χ2v) is 5.42. The van der Waals surface area contributed by atoms with Crippen LogP contribution in [0.3, 0.4) is 0 Å². The molecule has 4 heteroatoms. The van der Waals surface area contributed by atoms with E-state index in [1.165, 1.54) is 0 Å². The fourth-order valence-corrected chi connectivity index (χ4v) is 2.83. The molecule has 1 aliphatic heterocycles. The maximum Gasteiger partial charge on any atom is 0.229 e. The van der Waals surface area contributed by atoms with E-state index in [9.17, 15) is 9.90 Å². The van der Waals surface area contributed by atoms with Gasteiger partial charge in [0.05, 0.1) is 19.6 Å². The van der Waals surface area contributed by atoms with Crippen molar-refractivity contribution in [1.29, 1.82) is 0 Å². The average molecular weight is 297 g/mol. The molecule has 0 fully saturated rings. The van der Waals surface area contributed by atoms with E-state index in [4.69, 9.17) is 4.74 Å². The lowest BCUT2D eigenvalue weighted by Gasteiger charge is -2.19. The number of amides is 1. The first-order chi connectivity index (χ1) is 10.7. The highest BCUT2D eigenvalue weighted by Gasteiger charge is 2.26. The van der Waals surface area contributed by atoms with Crippen LogP contribution in [0.1, 0.15) is 23.7 Å². The Hall–Kier alpha value is -2.33. The van der Waals surface area contributed by atoms with Crippen LogP contribution >= 0.6 is 0 Å². The number of fused-ring (bicyclic) bond motifs is 1. The molecule has 0 saturated heterocycles. The third-order valence-electron chi connectivity index (χ3n) is 4.04. The predicted molar refractivity (Wildman–Crippen MR) is 85.1 cm³/mol. The summed E-state index contributed by atoms with van der Waals surface area (Å²) < 4.78 is 5.21. The van der Waals surface area contributed by atoms with Gasteiger partial charge in [-0.15, -0.1) is 0 Å². The van der Waals surface area contributed by atoms with Crippen molar-refractivity contribution in [2.45, 2.75) is 18.9 Å². The SMILES string of the molecule is COc1ccc2c(c1)CCN2C(=O)CC(O)c1ccccc1. The van der Waals surface area contributed by atoms with Gasteiger partial charge in [-0.2, -0.15) is 0 Å². The van der Waals surface area contributed by atoms with E-state index >= 15 is 0 Å². The number of aliphatic hydroxyl groups is 1. The van der Waals surface area contributed by atoms with E-state index in [-0.39, 0.29) is 12.3 Å². The third-order valence-corrected chi connectivity index (χ3v) is 4.04. The maximum atomic E-state index is 12.5. The van der Waals surface area contributed by atoms with E-state index in [1.54, 1.807) is 12.0 Å². The lowest BCUT2D eigenvalue weighted by molar-refractivity contribution is -0.120. The van der Waals surface area contributed by atoms with Crippen molar-refractivity contribution < 1.29 is 14.6 Å². The predicted octanol–water partition coefficient (Wildman–Crippen LogP) is 2.71. The molecule has 0 radical (unpaired) electrons. The van der Waals surface area contributed by atoms with Gasteiger partial charge in [-0.3, -0.25) is 4.79 Å². The van der Waals surface area contributed by atoms with Crippen LogP contribution in [0, 0.1) is 0 Å². The lowest BCUT2D eigenvalue weighted by atomic mass is 10.1. The second-order valence-electron chi connectivity index (χ2n) is 5.42. The molecule has 1 amide bonds. The minimum atomic E-state index is -0.768. The van der Waals surface area contributed by atoms with Crippen LogP contribution < -0.4 is 9.64 Å². The Morgan fingerprint density at radius 2 is 2.05 bits per heavy atom. The quantitative estimate of drug-likeness (QED) is 0.944. The monoisotopic (exact) mass is 297 g/mol. The van der Waals surface area contributed by atoms with Crippen LogP contribution in [0.2, 0.25) is 0 Å². The van der Waals surface area contributed by atoms with Crippen molar-refractivity contribution >= 4 is 11.6 Å². The average Bonchev–Trinajstić information content (AvgIpc) is 2.98. The number of hydrogen-bond donors (Lipinski definition) is 1. The first kappa shape index (κ1) is 14.6. The molecule has 114 valence electrons. The molecule has 1 unspecified atom stereocenters. The second kappa shape index (κ2) is 6.20. The van der Waals surface area contributed by atoms with Crippen molar-refractivity contribution in [3.63, 3.8) is 0 Å². The molecule has 3 rings (SSSR count). The number of rotatable bonds is 4. The fraction of sp³-hybridized carbons (Fsp3) is 0.278. The highest BCUT2D eigenvalue weighted by molar-refractivity contribution is 5.95. The van der Waals surface area contributed by atoms with E-state index in [0.29, 0.717) is 6.54 Å². The van der Waals surface area contributed by atoms with E-state index < -0.39 is 6.10 Å². The number of nitrogens with zero attached hydrogens (tertiary/aromatic N) is 1. The topological polar surface area (TPSA) is 49.8 Å². The molecule has 4 nitrogen and oxygen atoms in total. The van der Waals surface area contributed by atoms with Crippen LogP contribution in [-0.2, 0) is 11.2 Å². The minimum Gasteiger partial charge on any atom is -0.497 e. The van der Waals surface area contributed by atoms with Gasteiger partial charge in [0.25, 0.3) is 0 Å². The maximum absolute atomic E-state index is 12.5. The van der Waals surface area contributed by atoms with Crippen LogP contribution in [0.4, 0.5) is 5.69 Å². The van der Waals surface area contributed by atoms with Gasteiger partial charge in [0.1, 0.15) is 5.75 Å². The van der Waals surface area contributed by atoms with Gasteiger partial charge in [0.15, 0.2) is 0 Å². The van der Waals surface area contributed by atoms with Gasteiger partial charge in [-0.25, -0.2) is 0 Å². The largest absolute Gasteiger partial charge is 0.497 e. The van der Waals surface area contributed by atoms with Gasteiger partial charge >= 0.3 is 0 Å². The molecule has 0 aliphatic carbocycles. The summed E-state index contributed by atoms with van der Waals surface area (Å²) in [5, 5.41) is 10.2. The molecule has 1 heterocycles. The van der Waals surface area contributed by atoms with Crippen molar-refractivity contribution in [3.05, 3.63) is 59.7 Å². The Labute approximate surface area is 130 Å². The van der Waals surface area contributed by atoms with Gasteiger partial charge in [-0.05, 0) is 35.7 Å². The minimum absolute atomic E-state index is 0.0553. The molecule has 0 aromatic heterocycles. The van der Waals surface area contributed by atoms with E-state index in [1.807, 2.05) is 48.5 Å². The Balaban J connectivity index is 1.73. The normalized spacial score (nSPS) is 14.5. The fourth-order valence-electron chi connectivity index (χ4n) is 2.83. The van der Waals surface area contributed by atoms with Gasteiger partial charge < -0.3 is 14.7 Å². The Morgan fingerprint density at radius 1 is 1.27 bits per heavy atom. The number of benzene rings is 2. The van der Waals surface area contributed by atoms with E-state index in [0.717, 1.165) is 29.0 Å². The van der Waals surface area contributed by atoms with Crippen molar-refractivity contribution in [3.8, 4) is 5.75 Å². The number of carbonyl (C=O) groups is 1. The number of ether oxygens (including phenoxy) is 1. The van der Waals surface area contributed by atoms with Gasteiger partial charge in [-0.1, -0.05) is 30.3 Å². The summed E-state index contributed by atoms with van der Waals surface area (Å²) in [6, 6.07) is 15.0. The van der Waals surface area contributed by atoms with Crippen LogP contribution in [0.5, 0.6) is 5.75 Å². The van der Waals surface area contributed by atoms with Crippen LogP contribution in [0.25, 0.3) is 0 Å².